The van der Waals surface area contributed by atoms with Gasteiger partial charge >= 0.3 is 0 Å². The zero-order chi connectivity index (χ0) is 18.9. The predicted molar refractivity (Wildman–Crippen MR) is 112 cm³/mol. The number of thiocarbonyl (C=S) groups is 1. The highest BCUT2D eigenvalue weighted by atomic mass is 32.1. The van der Waals surface area contributed by atoms with Crippen LogP contribution in [0.3, 0.4) is 0 Å². The second kappa shape index (κ2) is 7.59. The van der Waals surface area contributed by atoms with E-state index < -0.39 is 5.72 Å². The first-order chi connectivity index (χ1) is 13.1. The Morgan fingerprint density at radius 2 is 1.81 bits per heavy atom. The van der Waals surface area contributed by atoms with Crippen molar-refractivity contribution in [3.05, 3.63) is 29.8 Å². The zero-order valence-electron chi connectivity index (χ0n) is 16.4. The fourth-order valence-corrected chi connectivity index (χ4v) is 6.16. The molecule has 2 atom stereocenters. The van der Waals surface area contributed by atoms with Crippen molar-refractivity contribution in [1.29, 1.82) is 0 Å². The molecule has 1 spiro atoms. The van der Waals surface area contributed by atoms with Gasteiger partial charge in [0, 0.05) is 18.0 Å². The molecule has 1 saturated heterocycles. The van der Waals surface area contributed by atoms with Crippen LogP contribution in [0.2, 0.25) is 0 Å². The van der Waals surface area contributed by atoms with E-state index in [1.54, 1.807) is 7.11 Å². The molecule has 0 bridgehead atoms. The van der Waals surface area contributed by atoms with Gasteiger partial charge in [0.05, 0.1) is 7.11 Å². The standard InChI is InChI=1S/C22H32N2O2S/c1-26-18-10-8-17(9-11-18)12-16-24-20(27)23-21(13-4-2-5-14-21)19-7-3-6-15-22(19,24)25/h8-11,19,25H,2-7,12-16H2,1H3,(H,23,27). The third-order valence-corrected chi connectivity index (χ3v) is 7.43. The number of rotatable bonds is 4. The second-order valence-corrected chi connectivity index (χ2v) is 8.96. The summed E-state index contributed by atoms with van der Waals surface area (Å²) in [6.07, 6.45) is 11.2. The second-order valence-electron chi connectivity index (χ2n) is 8.57. The summed E-state index contributed by atoms with van der Waals surface area (Å²) in [4.78, 5) is 2.11. The van der Waals surface area contributed by atoms with E-state index in [4.69, 9.17) is 17.0 Å². The van der Waals surface area contributed by atoms with Crippen molar-refractivity contribution in [1.82, 2.24) is 10.2 Å². The zero-order valence-corrected chi connectivity index (χ0v) is 17.2. The topological polar surface area (TPSA) is 44.7 Å². The molecule has 1 heterocycles. The molecule has 3 aliphatic rings. The molecular formula is C22H32N2O2S. The lowest BCUT2D eigenvalue weighted by atomic mass is 9.62. The van der Waals surface area contributed by atoms with E-state index in [2.05, 4.69) is 22.3 Å². The molecule has 0 radical (unpaired) electrons. The van der Waals surface area contributed by atoms with Crippen LogP contribution in [-0.4, -0.2) is 40.0 Å². The third-order valence-electron chi connectivity index (χ3n) is 7.11. The molecule has 1 aromatic rings. The first kappa shape index (κ1) is 19.0. The first-order valence-corrected chi connectivity index (χ1v) is 10.9. The third kappa shape index (κ3) is 3.44. The number of fused-ring (bicyclic) bond motifs is 2. The molecule has 2 aliphatic carbocycles. The van der Waals surface area contributed by atoms with Crippen molar-refractivity contribution < 1.29 is 9.84 Å². The molecule has 5 heteroatoms. The van der Waals surface area contributed by atoms with E-state index in [-0.39, 0.29) is 11.5 Å². The molecule has 2 unspecified atom stereocenters. The molecule has 0 amide bonds. The molecule has 0 aromatic heterocycles. The number of aliphatic hydroxyl groups is 1. The van der Waals surface area contributed by atoms with Gasteiger partial charge in [-0.1, -0.05) is 37.8 Å². The van der Waals surface area contributed by atoms with Crippen LogP contribution in [-0.2, 0) is 6.42 Å². The van der Waals surface area contributed by atoms with Crippen molar-refractivity contribution in [2.75, 3.05) is 13.7 Å². The van der Waals surface area contributed by atoms with Crippen LogP contribution in [0.15, 0.2) is 24.3 Å². The number of nitrogens with one attached hydrogen (secondary N) is 1. The Balaban J connectivity index is 1.54. The van der Waals surface area contributed by atoms with Gasteiger partial charge in [-0.15, -0.1) is 0 Å². The highest BCUT2D eigenvalue weighted by Gasteiger charge is 2.58. The minimum absolute atomic E-state index is 0.0150. The fraction of sp³-hybridized carbons (Fsp3) is 0.682. The van der Waals surface area contributed by atoms with Gasteiger partial charge in [0.1, 0.15) is 11.5 Å². The SMILES string of the molecule is COc1ccc(CCN2C(=S)NC3(CCCCC3)C3CCCCC32O)cc1. The Morgan fingerprint density at radius 1 is 1.11 bits per heavy atom. The summed E-state index contributed by atoms with van der Waals surface area (Å²) in [5, 5.41) is 16.4. The Bertz CT molecular complexity index is 671. The smallest absolute Gasteiger partial charge is 0.171 e. The van der Waals surface area contributed by atoms with Crippen LogP contribution >= 0.6 is 12.2 Å². The van der Waals surface area contributed by atoms with Crippen LogP contribution < -0.4 is 10.1 Å². The van der Waals surface area contributed by atoms with Crippen LogP contribution in [0.25, 0.3) is 0 Å². The molecule has 27 heavy (non-hydrogen) atoms. The maximum atomic E-state index is 11.9. The maximum absolute atomic E-state index is 11.9. The van der Waals surface area contributed by atoms with Gasteiger partial charge in [0.25, 0.3) is 0 Å². The number of nitrogens with zero attached hydrogens (tertiary/aromatic N) is 1. The van der Waals surface area contributed by atoms with Gasteiger partial charge < -0.3 is 20.1 Å². The van der Waals surface area contributed by atoms with Gasteiger partial charge in [0.15, 0.2) is 5.11 Å². The molecule has 1 aliphatic heterocycles. The number of ether oxygens (including phenoxy) is 1. The summed E-state index contributed by atoms with van der Waals surface area (Å²) >= 11 is 5.81. The summed E-state index contributed by atoms with van der Waals surface area (Å²) in [5.74, 6) is 1.15. The Morgan fingerprint density at radius 3 is 2.52 bits per heavy atom. The van der Waals surface area contributed by atoms with E-state index in [9.17, 15) is 5.11 Å². The van der Waals surface area contributed by atoms with E-state index in [0.29, 0.717) is 0 Å². The molecule has 1 aromatic carbocycles. The van der Waals surface area contributed by atoms with E-state index >= 15 is 0 Å². The van der Waals surface area contributed by atoms with Gasteiger partial charge in [-0.2, -0.15) is 0 Å². The Kier molecular flexibility index (Phi) is 5.34. The summed E-state index contributed by atoms with van der Waals surface area (Å²) < 4.78 is 5.25. The quantitative estimate of drug-likeness (QED) is 0.763. The summed E-state index contributed by atoms with van der Waals surface area (Å²) in [6, 6.07) is 8.20. The first-order valence-electron chi connectivity index (χ1n) is 10.5. The van der Waals surface area contributed by atoms with Crippen LogP contribution in [0.4, 0.5) is 0 Å². The predicted octanol–water partition coefficient (Wildman–Crippen LogP) is 4.01. The lowest BCUT2D eigenvalue weighted by Crippen LogP contribution is -2.75. The highest BCUT2D eigenvalue weighted by molar-refractivity contribution is 7.80. The van der Waals surface area contributed by atoms with Crippen LogP contribution in [0.1, 0.15) is 63.4 Å². The molecule has 148 valence electrons. The highest BCUT2D eigenvalue weighted by Crippen LogP contribution is 2.50. The lowest BCUT2D eigenvalue weighted by Gasteiger charge is -2.61. The van der Waals surface area contributed by atoms with Gasteiger partial charge in [0.2, 0.25) is 0 Å². The largest absolute Gasteiger partial charge is 0.497 e. The Labute approximate surface area is 168 Å². The van der Waals surface area contributed by atoms with E-state index in [1.807, 2.05) is 12.1 Å². The molecule has 3 fully saturated rings. The minimum atomic E-state index is -0.787. The molecule has 2 N–H and O–H groups in total. The molecular weight excluding hydrogens is 356 g/mol. The average Bonchev–Trinajstić information content (AvgIpc) is 2.68. The maximum Gasteiger partial charge on any atom is 0.171 e. The molecule has 2 saturated carbocycles. The van der Waals surface area contributed by atoms with Crippen molar-refractivity contribution in [3.8, 4) is 5.75 Å². The Hall–Kier alpha value is -1.33. The van der Waals surface area contributed by atoms with Crippen molar-refractivity contribution >= 4 is 17.3 Å². The number of methoxy groups -OCH3 is 1. The van der Waals surface area contributed by atoms with Crippen molar-refractivity contribution in [2.45, 2.75) is 75.5 Å². The van der Waals surface area contributed by atoms with Gasteiger partial charge in [-0.3, -0.25) is 0 Å². The van der Waals surface area contributed by atoms with Crippen LogP contribution in [0, 0.1) is 5.92 Å². The van der Waals surface area contributed by atoms with Gasteiger partial charge in [-0.25, -0.2) is 0 Å². The number of hydrogen-bond donors (Lipinski definition) is 2. The molecule has 4 rings (SSSR count). The number of benzene rings is 1. The summed E-state index contributed by atoms with van der Waals surface area (Å²) in [6.45, 7) is 0.751. The summed E-state index contributed by atoms with van der Waals surface area (Å²) in [7, 11) is 1.69. The van der Waals surface area contributed by atoms with E-state index in [1.165, 1.54) is 31.2 Å². The minimum Gasteiger partial charge on any atom is -0.497 e. The van der Waals surface area contributed by atoms with Crippen molar-refractivity contribution in [3.63, 3.8) is 0 Å². The fourth-order valence-electron chi connectivity index (χ4n) is 5.71. The van der Waals surface area contributed by atoms with Gasteiger partial charge in [-0.05, 0) is 68.4 Å². The summed E-state index contributed by atoms with van der Waals surface area (Å²) in [5.41, 5.74) is 0.471. The van der Waals surface area contributed by atoms with E-state index in [0.717, 1.165) is 55.9 Å². The number of hydrogen-bond acceptors (Lipinski definition) is 3. The van der Waals surface area contributed by atoms with Crippen molar-refractivity contribution in [2.24, 2.45) is 5.92 Å². The van der Waals surface area contributed by atoms with Crippen LogP contribution in [0.5, 0.6) is 5.75 Å². The average molecular weight is 389 g/mol. The molecule has 4 nitrogen and oxygen atoms in total. The monoisotopic (exact) mass is 388 g/mol. The normalized spacial score (nSPS) is 29.9. The lowest BCUT2D eigenvalue weighted by molar-refractivity contribution is -0.181.